The van der Waals surface area contributed by atoms with Crippen LogP contribution in [0, 0.1) is 51.2 Å². The minimum atomic E-state index is -0.617. The number of allylic oxidation sites excluding steroid dienone is 2. The first-order chi connectivity index (χ1) is 17.1. The van der Waals surface area contributed by atoms with Gasteiger partial charge in [0, 0.05) is 21.7 Å². The molecule has 5 aliphatic carbocycles. The van der Waals surface area contributed by atoms with E-state index >= 15 is 0 Å². The number of nitrogens with one attached hydrogen (secondary N) is 1. The Morgan fingerprint density at radius 1 is 1.05 bits per heavy atom. The largest absolute Gasteiger partial charge is 0.481 e. The molecule has 0 saturated heterocycles. The molecule has 6 heteroatoms. The van der Waals surface area contributed by atoms with Gasteiger partial charge >= 0.3 is 5.97 Å². The van der Waals surface area contributed by atoms with Gasteiger partial charge in [-0.15, -0.1) is 0 Å². The molecule has 0 radical (unpaired) electrons. The Morgan fingerprint density at radius 2 is 1.76 bits per heavy atom. The monoisotopic (exact) mass is 527 g/mol. The fraction of sp³-hybridized carbons (Fsp3) is 0.806. The van der Waals surface area contributed by atoms with E-state index in [1.165, 1.54) is 29.7 Å². The highest BCUT2D eigenvalue weighted by Crippen LogP contribution is 2.75. The van der Waals surface area contributed by atoms with Crippen molar-refractivity contribution in [1.82, 2.24) is 10.2 Å². The van der Waals surface area contributed by atoms with Gasteiger partial charge in [0.15, 0.2) is 0 Å². The van der Waals surface area contributed by atoms with E-state index in [0.717, 1.165) is 43.6 Å². The number of nitrogen functional groups attached to an aromatic ring is 1. The topological polar surface area (TPSA) is 92.0 Å². The molecule has 4 N–H and O–H groups in total. The summed E-state index contributed by atoms with van der Waals surface area (Å²) in [6.45, 7) is 16.9. The molecule has 1 aromatic rings. The van der Waals surface area contributed by atoms with E-state index in [0.29, 0.717) is 17.7 Å². The first-order valence-corrected chi connectivity index (χ1v) is 14.9. The van der Waals surface area contributed by atoms with Crippen LogP contribution in [0.3, 0.4) is 0 Å². The van der Waals surface area contributed by atoms with Gasteiger partial charge in [-0.1, -0.05) is 60.1 Å². The number of rotatable bonds is 1. The number of aromatic amines is 1. The molecule has 3 fully saturated rings. The van der Waals surface area contributed by atoms with Crippen LogP contribution in [-0.4, -0.2) is 21.3 Å². The molecule has 37 heavy (non-hydrogen) atoms. The van der Waals surface area contributed by atoms with Gasteiger partial charge in [0.1, 0.15) is 5.82 Å². The van der Waals surface area contributed by atoms with Crippen molar-refractivity contribution in [1.29, 1.82) is 0 Å². The second kappa shape index (κ2) is 7.58. The van der Waals surface area contributed by atoms with E-state index in [1.807, 2.05) is 0 Å². The van der Waals surface area contributed by atoms with Gasteiger partial charge in [-0.05, 0) is 102 Å². The van der Waals surface area contributed by atoms with Crippen LogP contribution in [0.5, 0.6) is 0 Å². The summed E-state index contributed by atoms with van der Waals surface area (Å²) in [5.41, 5.74) is 10.5. The first kappa shape index (κ1) is 25.8. The molecule has 6 rings (SSSR count). The van der Waals surface area contributed by atoms with Crippen LogP contribution in [0.1, 0.15) is 105 Å². The summed E-state index contributed by atoms with van der Waals surface area (Å²) in [4.78, 5) is 12.4. The van der Waals surface area contributed by atoms with Crippen LogP contribution in [0.15, 0.2) is 10.6 Å². The number of fused-ring (bicyclic) bond motifs is 8. The van der Waals surface area contributed by atoms with Crippen molar-refractivity contribution in [3.05, 3.63) is 21.9 Å². The molecular weight excluding hydrogens is 482 g/mol. The van der Waals surface area contributed by atoms with Crippen LogP contribution < -0.4 is 5.73 Å². The molecule has 0 aliphatic heterocycles. The minimum Gasteiger partial charge on any atom is -0.481 e. The predicted octanol–water partition coefficient (Wildman–Crippen LogP) is 7.31. The van der Waals surface area contributed by atoms with Crippen molar-refractivity contribution in [2.75, 3.05) is 5.73 Å². The normalized spacial score (nSPS) is 45.7. The third-order valence-corrected chi connectivity index (χ3v) is 13.4. The van der Waals surface area contributed by atoms with E-state index in [-0.39, 0.29) is 44.8 Å². The smallest absolute Gasteiger partial charge is 0.306 e. The fourth-order valence-corrected chi connectivity index (χ4v) is 11.8. The van der Waals surface area contributed by atoms with Crippen LogP contribution in [0.4, 0.5) is 5.82 Å². The lowest BCUT2D eigenvalue weighted by atomic mass is 9.34. The van der Waals surface area contributed by atoms with Gasteiger partial charge in [0.05, 0.1) is 5.92 Å². The van der Waals surface area contributed by atoms with Crippen LogP contribution in [0.25, 0.3) is 0 Å². The number of carboxylic acids is 1. The van der Waals surface area contributed by atoms with Crippen molar-refractivity contribution < 1.29 is 9.90 Å². The van der Waals surface area contributed by atoms with E-state index in [4.69, 9.17) is 17.3 Å². The summed E-state index contributed by atoms with van der Waals surface area (Å²) in [6.07, 6.45) is 8.09. The highest BCUT2D eigenvalue weighted by Gasteiger charge is 2.68. The molecule has 204 valence electrons. The Labute approximate surface area is 227 Å². The number of H-pyrrole nitrogens is 1. The van der Waals surface area contributed by atoms with Gasteiger partial charge in [-0.25, -0.2) is 0 Å². The Hall–Kier alpha value is -1.49. The van der Waals surface area contributed by atoms with Crippen LogP contribution in [0.2, 0.25) is 0 Å². The zero-order valence-corrected chi connectivity index (χ0v) is 24.6. The maximum absolute atomic E-state index is 12.4. The second-order valence-electron chi connectivity index (χ2n) is 15.6. The van der Waals surface area contributed by atoms with E-state index in [2.05, 4.69) is 58.7 Å². The first-order valence-electron chi connectivity index (χ1n) is 14.5. The maximum atomic E-state index is 12.4. The van der Waals surface area contributed by atoms with Gasteiger partial charge in [0.2, 0.25) is 0 Å². The Balaban J connectivity index is 1.48. The number of anilines is 1. The molecule has 0 amide bonds. The maximum Gasteiger partial charge on any atom is 0.306 e. The summed E-state index contributed by atoms with van der Waals surface area (Å²) >= 11 is 7.47. The highest BCUT2D eigenvalue weighted by molar-refractivity contribution is 6.30. The van der Waals surface area contributed by atoms with Crippen LogP contribution >= 0.6 is 11.6 Å². The highest BCUT2D eigenvalue weighted by atomic mass is 35.5. The summed E-state index contributed by atoms with van der Waals surface area (Å²) in [6, 6.07) is 0. The number of nitrogens with zero attached hydrogens (tertiary/aromatic N) is 1. The van der Waals surface area contributed by atoms with Crippen molar-refractivity contribution in [3.63, 3.8) is 0 Å². The molecule has 1 heterocycles. The van der Waals surface area contributed by atoms with E-state index < -0.39 is 5.97 Å². The molecule has 1 aromatic heterocycles. The average molecular weight is 528 g/mol. The molecular formula is C31H46ClN3O2. The molecule has 0 spiro atoms. The van der Waals surface area contributed by atoms with E-state index in [1.54, 1.807) is 0 Å². The van der Waals surface area contributed by atoms with Gasteiger partial charge in [-0.2, -0.15) is 5.10 Å². The Morgan fingerprint density at radius 3 is 2.43 bits per heavy atom. The van der Waals surface area contributed by atoms with Crippen molar-refractivity contribution >= 4 is 23.4 Å². The Kier molecular flexibility index (Phi) is 5.28. The summed E-state index contributed by atoms with van der Waals surface area (Å²) in [7, 11) is 0. The van der Waals surface area contributed by atoms with Crippen molar-refractivity contribution in [2.45, 2.75) is 105 Å². The number of nitrogens with two attached hydrogens (primary N) is 1. The molecule has 5 aliphatic rings. The molecule has 7 unspecified atom stereocenters. The SMILES string of the molecule is CC1(C)CC2C3=C(Cl)CC4C5(C)Cc6c(N)n[nH]c6C(C)(C)C5CCC4(C)C3(C)CCC2[C@H](C(=O)O)C1. The third kappa shape index (κ3) is 3.16. The zero-order valence-electron chi connectivity index (χ0n) is 23.8. The number of hydrogen-bond acceptors (Lipinski definition) is 3. The van der Waals surface area contributed by atoms with Crippen molar-refractivity contribution in [2.24, 2.45) is 51.2 Å². The number of carboxylic acid groups (broad SMARTS) is 1. The average Bonchev–Trinajstić information content (AvgIpc) is 3.14. The summed E-state index contributed by atoms with van der Waals surface area (Å²) in [5.74, 6) is 1.23. The fourth-order valence-electron chi connectivity index (χ4n) is 11.3. The number of aromatic nitrogens is 2. The molecule has 3 saturated carbocycles. The van der Waals surface area contributed by atoms with Gasteiger partial charge < -0.3 is 10.8 Å². The van der Waals surface area contributed by atoms with Crippen molar-refractivity contribution in [3.8, 4) is 0 Å². The standard InChI is InChI=1S/C31H46ClN3O2/c1-27(2)13-17-16(18(14-27)26(36)37)8-10-31(7)23(17)20(32)12-22-29(5)15-19-24(34-35-25(19)33)28(3,4)21(29)9-11-30(22,31)6/h16-18,21-22H,8-15H2,1-7H3,(H,36,37)(H3,33,34,35)/t16?,17?,18-,21?,22?,29?,30?,31?/m1/s1. The quantitative estimate of drug-likeness (QED) is 0.357. The molecule has 8 atom stereocenters. The molecule has 0 bridgehead atoms. The molecule has 0 aromatic carbocycles. The number of hydrogen-bond donors (Lipinski definition) is 3. The van der Waals surface area contributed by atoms with Crippen LogP contribution in [-0.2, 0) is 16.6 Å². The number of carbonyl (C=O) groups is 1. The molecule has 5 nitrogen and oxygen atoms in total. The van der Waals surface area contributed by atoms with Gasteiger partial charge in [0.25, 0.3) is 0 Å². The lowest BCUT2D eigenvalue weighted by molar-refractivity contribution is -0.163. The summed E-state index contributed by atoms with van der Waals surface area (Å²) in [5, 5.41) is 19.0. The van der Waals surface area contributed by atoms with Gasteiger partial charge in [-0.3, -0.25) is 9.89 Å². The predicted molar refractivity (Wildman–Crippen MR) is 148 cm³/mol. The Bertz CT molecular complexity index is 1200. The third-order valence-electron chi connectivity index (χ3n) is 13.1. The lowest BCUT2D eigenvalue weighted by Crippen LogP contribution is -2.64. The zero-order chi connectivity index (χ0) is 26.9. The number of aliphatic carboxylic acids is 1. The van der Waals surface area contributed by atoms with E-state index in [9.17, 15) is 9.90 Å². The second-order valence-corrected chi connectivity index (χ2v) is 16.1. The summed E-state index contributed by atoms with van der Waals surface area (Å²) < 4.78 is 0. The number of halogens is 1. The lowest BCUT2D eigenvalue weighted by Gasteiger charge is -2.70. The minimum absolute atomic E-state index is 0.00895.